The quantitative estimate of drug-likeness (QED) is 0.794. The van der Waals surface area contributed by atoms with E-state index < -0.39 is 0 Å². The lowest BCUT2D eigenvalue weighted by molar-refractivity contribution is 0.156. The molecule has 3 atom stereocenters. The molecule has 3 nitrogen and oxygen atoms in total. The maximum atomic E-state index is 5.52. The van der Waals surface area contributed by atoms with Crippen molar-refractivity contribution >= 4 is 0 Å². The molecule has 2 heterocycles. The van der Waals surface area contributed by atoms with Crippen LogP contribution in [0.25, 0.3) is 0 Å². The summed E-state index contributed by atoms with van der Waals surface area (Å²) in [6.45, 7) is 10.2. The predicted octanol–water partition coefficient (Wildman–Crippen LogP) is 1.88. The molecule has 0 amide bonds. The van der Waals surface area contributed by atoms with Crippen molar-refractivity contribution in [1.82, 2.24) is 10.2 Å². The molecule has 100 valence electrons. The van der Waals surface area contributed by atoms with E-state index in [1.54, 1.807) is 0 Å². The maximum absolute atomic E-state index is 5.52. The van der Waals surface area contributed by atoms with Gasteiger partial charge in [-0.1, -0.05) is 13.8 Å². The first kappa shape index (κ1) is 13.3. The summed E-state index contributed by atoms with van der Waals surface area (Å²) >= 11 is 0. The fourth-order valence-electron chi connectivity index (χ4n) is 3.24. The molecular formula is C14H28N2O. The van der Waals surface area contributed by atoms with Crippen molar-refractivity contribution in [3.63, 3.8) is 0 Å². The molecule has 0 aromatic carbocycles. The molecule has 2 rings (SSSR count). The molecule has 2 fully saturated rings. The first-order valence-corrected chi connectivity index (χ1v) is 7.39. The van der Waals surface area contributed by atoms with Gasteiger partial charge in [-0.2, -0.15) is 0 Å². The summed E-state index contributed by atoms with van der Waals surface area (Å²) in [5.74, 6) is 0.747. The average Bonchev–Trinajstić information content (AvgIpc) is 2.90. The van der Waals surface area contributed by atoms with Crippen molar-refractivity contribution in [2.45, 2.75) is 51.6 Å². The number of hydrogen-bond donors (Lipinski definition) is 1. The zero-order valence-corrected chi connectivity index (χ0v) is 11.5. The Morgan fingerprint density at radius 2 is 2.24 bits per heavy atom. The molecule has 3 unspecified atom stereocenters. The maximum Gasteiger partial charge on any atom is 0.0510 e. The van der Waals surface area contributed by atoms with Crippen LogP contribution >= 0.6 is 0 Å². The molecule has 0 radical (unpaired) electrons. The molecule has 0 spiro atoms. The van der Waals surface area contributed by atoms with E-state index in [4.69, 9.17) is 4.74 Å². The lowest BCUT2D eigenvalue weighted by atomic mass is 9.94. The summed E-state index contributed by atoms with van der Waals surface area (Å²) in [7, 11) is 0. The van der Waals surface area contributed by atoms with Crippen LogP contribution in [-0.2, 0) is 4.74 Å². The molecule has 2 aliphatic heterocycles. The van der Waals surface area contributed by atoms with Gasteiger partial charge in [0.1, 0.15) is 0 Å². The Hall–Kier alpha value is -0.120. The molecule has 2 saturated heterocycles. The number of likely N-dealkylation sites (N-methyl/N-ethyl adjacent to an activating group) is 1. The monoisotopic (exact) mass is 240 g/mol. The minimum Gasteiger partial charge on any atom is -0.381 e. The molecule has 2 aliphatic rings. The lowest BCUT2D eigenvalue weighted by Crippen LogP contribution is -2.50. The second kappa shape index (κ2) is 6.72. The molecule has 17 heavy (non-hydrogen) atoms. The highest BCUT2D eigenvalue weighted by Gasteiger charge is 2.27. The second-order valence-corrected chi connectivity index (χ2v) is 5.54. The van der Waals surface area contributed by atoms with Crippen molar-refractivity contribution < 1.29 is 4.74 Å². The van der Waals surface area contributed by atoms with E-state index in [1.807, 2.05) is 0 Å². The van der Waals surface area contributed by atoms with Gasteiger partial charge in [-0.15, -0.1) is 0 Å². The molecule has 0 saturated carbocycles. The molecule has 0 bridgehead atoms. The van der Waals surface area contributed by atoms with Crippen LogP contribution in [0.1, 0.15) is 39.5 Å². The highest BCUT2D eigenvalue weighted by atomic mass is 16.5. The van der Waals surface area contributed by atoms with E-state index in [0.29, 0.717) is 12.1 Å². The van der Waals surface area contributed by atoms with E-state index in [9.17, 15) is 0 Å². The standard InChI is InChI=1S/C14H28N2O/c1-3-14(12-7-9-17-11-12)15-13-6-5-8-16(4-2)10-13/h12-15H,3-11H2,1-2H3. The van der Waals surface area contributed by atoms with Gasteiger partial charge in [-0.25, -0.2) is 0 Å². The van der Waals surface area contributed by atoms with Crippen LogP contribution < -0.4 is 5.32 Å². The average molecular weight is 240 g/mol. The number of nitrogens with one attached hydrogen (secondary N) is 1. The molecular weight excluding hydrogens is 212 g/mol. The Morgan fingerprint density at radius 1 is 1.35 bits per heavy atom. The third-order valence-electron chi connectivity index (χ3n) is 4.38. The van der Waals surface area contributed by atoms with Crippen LogP contribution in [0.4, 0.5) is 0 Å². The smallest absolute Gasteiger partial charge is 0.0510 e. The lowest BCUT2D eigenvalue weighted by Gasteiger charge is -2.36. The van der Waals surface area contributed by atoms with Gasteiger partial charge in [-0.3, -0.25) is 0 Å². The van der Waals surface area contributed by atoms with Crippen molar-refractivity contribution in [3.05, 3.63) is 0 Å². The fourth-order valence-corrected chi connectivity index (χ4v) is 3.24. The third kappa shape index (κ3) is 3.67. The van der Waals surface area contributed by atoms with Gasteiger partial charge in [0.2, 0.25) is 0 Å². The van der Waals surface area contributed by atoms with Gasteiger partial charge in [0.05, 0.1) is 6.61 Å². The molecule has 3 heteroatoms. The predicted molar refractivity (Wildman–Crippen MR) is 71.3 cm³/mol. The second-order valence-electron chi connectivity index (χ2n) is 5.54. The first-order chi connectivity index (χ1) is 8.33. The van der Waals surface area contributed by atoms with Gasteiger partial charge in [0.15, 0.2) is 0 Å². The van der Waals surface area contributed by atoms with E-state index >= 15 is 0 Å². The summed E-state index contributed by atoms with van der Waals surface area (Å²) in [6, 6.07) is 1.37. The largest absolute Gasteiger partial charge is 0.381 e. The van der Waals surface area contributed by atoms with E-state index in [1.165, 1.54) is 45.3 Å². The number of nitrogens with zero attached hydrogens (tertiary/aromatic N) is 1. The highest BCUT2D eigenvalue weighted by Crippen LogP contribution is 2.20. The SMILES string of the molecule is CCC(NC1CCCN(CC)C1)C1CCOC1. The number of hydrogen-bond acceptors (Lipinski definition) is 3. The Balaban J connectivity index is 1.80. The van der Waals surface area contributed by atoms with Gasteiger partial charge < -0.3 is 15.0 Å². The summed E-state index contributed by atoms with van der Waals surface area (Å²) in [5, 5.41) is 3.89. The normalized spacial score (nSPS) is 32.8. The van der Waals surface area contributed by atoms with Gasteiger partial charge >= 0.3 is 0 Å². The summed E-state index contributed by atoms with van der Waals surface area (Å²) < 4.78 is 5.52. The Kier molecular flexibility index (Phi) is 5.26. The molecule has 0 aliphatic carbocycles. The van der Waals surface area contributed by atoms with E-state index in [-0.39, 0.29) is 0 Å². The Bertz CT molecular complexity index is 216. The van der Waals surface area contributed by atoms with Crippen LogP contribution in [0.2, 0.25) is 0 Å². The van der Waals surface area contributed by atoms with Crippen molar-refractivity contribution in [2.75, 3.05) is 32.8 Å². The highest BCUT2D eigenvalue weighted by molar-refractivity contribution is 4.85. The summed E-state index contributed by atoms with van der Waals surface area (Å²) in [4.78, 5) is 2.57. The van der Waals surface area contributed by atoms with Crippen LogP contribution in [0.15, 0.2) is 0 Å². The molecule has 0 aromatic heterocycles. The molecule has 0 aromatic rings. The number of rotatable bonds is 5. The minimum atomic E-state index is 0.666. The first-order valence-electron chi connectivity index (χ1n) is 7.39. The van der Waals surface area contributed by atoms with Gasteiger partial charge in [0.25, 0.3) is 0 Å². The molecule has 1 N–H and O–H groups in total. The summed E-state index contributed by atoms with van der Waals surface area (Å²) in [6.07, 6.45) is 5.18. The zero-order valence-electron chi connectivity index (χ0n) is 11.5. The van der Waals surface area contributed by atoms with Crippen LogP contribution in [-0.4, -0.2) is 49.8 Å². The zero-order chi connectivity index (χ0) is 12.1. The van der Waals surface area contributed by atoms with Gasteiger partial charge in [-0.05, 0) is 44.7 Å². The van der Waals surface area contributed by atoms with Gasteiger partial charge in [0, 0.05) is 25.2 Å². The number of ether oxygens (including phenoxy) is 1. The number of likely N-dealkylation sites (tertiary alicyclic amines) is 1. The minimum absolute atomic E-state index is 0.666. The topological polar surface area (TPSA) is 24.5 Å². The summed E-state index contributed by atoms with van der Waals surface area (Å²) in [5.41, 5.74) is 0. The van der Waals surface area contributed by atoms with Crippen LogP contribution in [0.3, 0.4) is 0 Å². The Labute approximate surface area is 106 Å². The van der Waals surface area contributed by atoms with E-state index in [2.05, 4.69) is 24.1 Å². The van der Waals surface area contributed by atoms with Crippen LogP contribution in [0.5, 0.6) is 0 Å². The fraction of sp³-hybridized carbons (Fsp3) is 1.00. The van der Waals surface area contributed by atoms with Crippen LogP contribution in [0, 0.1) is 5.92 Å². The van der Waals surface area contributed by atoms with Crippen molar-refractivity contribution in [3.8, 4) is 0 Å². The van der Waals surface area contributed by atoms with Crippen molar-refractivity contribution in [1.29, 1.82) is 0 Å². The Morgan fingerprint density at radius 3 is 2.88 bits per heavy atom. The van der Waals surface area contributed by atoms with E-state index in [0.717, 1.165) is 19.1 Å². The number of piperidine rings is 1. The van der Waals surface area contributed by atoms with Crippen molar-refractivity contribution in [2.24, 2.45) is 5.92 Å². The third-order valence-corrected chi connectivity index (χ3v) is 4.38.